The smallest absolute Gasteiger partial charge is 0.239 e. The van der Waals surface area contributed by atoms with Crippen LogP contribution >= 0.6 is 0 Å². The van der Waals surface area contributed by atoms with E-state index in [-0.39, 0.29) is 5.91 Å². The van der Waals surface area contributed by atoms with Gasteiger partial charge in [-0.2, -0.15) is 0 Å². The predicted octanol–water partition coefficient (Wildman–Crippen LogP) is 2.49. The first-order valence-electron chi connectivity index (χ1n) is 8.37. The van der Waals surface area contributed by atoms with E-state index >= 15 is 0 Å². The maximum Gasteiger partial charge on any atom is 0.239 e. The fourth-order valence-corrected chi connectivity index (χ4v) is 2.62. The van der Waals surface area contributed by atoms with Crippen LogP contribution in [0.4, 0.5) is 0 Å². The van der Waals surface area contributed by atoms with E-state index in [4.69, 9.17) is 5.73 Å². The van der Waals surface area contributed by atoms with Gasteiger partial charge in [0.15, 0.2) is 0 Å². The van der Waals surface area contributed by atoms with E-state index in [2.05, 4.69) is 24.1 Å². The molecule has 0 spiro atoms. The normalized spacial score (nSPS) is 12.2. The third kappa shape index (κ3) is 5.80. The van der Waals surface area contributed by atoms with Gasteiger partial charge in [-0.25, -0.2) is 0 Å². The average molecular weight is 325 g/mol. The fourth-order valence-electron chi connectivity index (χ4n) is 2.62. The van der Waals surface area contributed by atoms with Gasteiger partial charge < -0.3 is 15.5 Å². The van der Waals surface area contributed by atoms with Crippen molar-refractivity contribution in [2.75, 3.05) is 20.1 Å². The third-order valence-electron chi connectivity index (χ3n) is 3.96. The molecule has 1 atom stereocenters. The molecule has 0 bridgehead atoms. The number of amides is 1. The molecule has 128 valence electrons. The number of carbonyl (C=O) groups excluding carboxylic acids is 1. The summed E-state index contributed by atoms with van der Waals surface area (Å²) >= 11 is 0. The van der Waals surface area contributed by atoms with Crippen LogP contribution in [0.25, 0.3) is 0 Å². The molecule has 0 radical (unpaired) electrons. The molecule has 1 amide bonds. The van der Waals surface area contributed by atoms with Gasteiger partial charge in [0.1, 0.15) is 0 Å². The lowest BCUT2D eigenvalue weighted by atomic mass is 10.2. The van der Waals surface area contributed by atoms with Crippen molar-refractivity contribution < 1.29 is 4.79 Å². The number of likely N-dealkylation sites (N-methyl/N-ethyl adjacent to an activating group) is 1. The number of rotatable bonds is 8. The first-order valence-corrected chi connectivity index (χ1v) is 8.37. The number of carbonyl (C=O) groups is 1. The van der Waals surface area contributed by atoms with Crippen molar-refractivity contribution >= 4 is 5.91 Å². The maximum absolute atomic E-state index is 12.4. The minimum atomic E-state index is -0.479. The van der Waals surface area contributed by atoms with Gasteiger partial charge in [0.25, 0.3) is 0 Å². The van der Waals surface area contributed by atoms with Gasteiger partial charge in [-0.05, 0) is 25.1 Å². The third-order valence-corrected chi connectivity index (χ3v) is 3.96. The van der Waals surface area contributed by atoms with Crippen molar-refractivity contribution in [2.45, 2.75) is 26.1 Å². The molecule has 4 nitrogen and oxygen atoms in total. The van der Waals surface area contributed by atoms with Crippen molar-refractivity contribution in [1.29, 1.82) is 0 Å². The Morgan fingerprint density at radius 3 is 1.92 bits per heavy atom. The van der Waals surface area contributed by atoms with Crippen LogP contribution < -0.4 is 5.73 Å². The molecule has 24 heavy (non-hydrogen) atoms. The second kappa shape index (κ2) is 9.21. The molecule has 2 N–H and O–H groups in total. The van der Waals surface area contributed by atoms with E-state index in [1.807, 2.05) is 53.4 Å². The molecule has 0 fully saturated rings. The summed E-state index contributed by atoms with van der Waals surface area (Å²) in [4.78, 5) is 16.5. The van der Waals surface area contributed by atoms with Gasteiger partial charge in [0, 0.05) is 26.2 Å². The quantitative estimate of drug-likeness (QED) is 0.811. The first-order chi connectivity index (χ1) is 11.6. The topological polar surface area (TPSA) is 49.6 Å². The summed E-state index contributed by atoms with van der Waals surface area (Å²) in [5.74, 6) is -0.00744. The van der Waals surface area contributed by atoms with Crippen molar-refractivity contribution in [3.8, 4) is 0 Å². The molecule has 4 heteroatoms. The molecular formula is C20H27N3O. The van der Waals surface area contributed by atoms with Gasteiger partial charge in [0.2, 0.25) is 5.91 Å². The van der Waals surface area contributed by atoms with Crippen LogP contribution in [0.2, 0.25) is 0 Å². The van der Waals surface area contributed by atoms with Crippen LogP contribution in [0.3, 0.4) is 0 Å². The van der Waals surface area contributed by atoms with Gasteiger partial charge >= 0.3 is 0 Å². The minimum Gasteiger partial charge on any atom is -0.336 e. The molecule has 2 aromatic carbocycles. The highest BCUT2D eigenvalue weighted by Crippen LogP contribution is 2.07. The Balaban J connectivity index is 1.93. The summed E-state index contributed by atoms with van der Waals surface area (Å²) in [6.45, 7) is 4.68. The lowest BCUT2D eigenvalue weighted by molar-refractivity contribution is -0.133. The molecular weight excluding hydrogens is 298 g/mol. The monoisotopic (exact) mass is 325 g/mol. The molecule has 0 saturated heterocycles. The zero-order valence-corrected chi connectivity index (χ0v) is 14.6. The Morgan fingerprint density at radius 2 is 1.42 bits per heavy atom. The van der Waals surface area contributed by atoms with E-state index in [1.54, 1.807) is 6.92 Å². The SMILES string of the molecule is CC(N)C(=O)N(CCN(C)Cc1ccccc1)Cc1ccccc1. The molecule has 2 rings (SSSR count). The molecule has 0 saturated carbocycles. The molecule has 0 aromatic heterocycles. The van der Waals surface area contributed by atoms with E-state index in [1.165, 1.54) is 5.56 Å². The minimum absolute atomic E-state index is 0.00744. The van der Waals surface area contributed by atoms with Crippen molar-refractivity contribution in [2.24, 2.45) is 5.73 Å². The van der Waals surface area contributed by atoms with Crippen LogP contribution in [-0.4, -0.2) is 41.9 Å². The van der Waals surface area contributed by atoms with Crippen LogP contribution in [0.15, 0.2) is 60.7 Å². The Morgan fingerprint density at radius 1 is 0.917 bits per heavy atom. The standard InChI is InChI=1S/C20H27N3O/c1-17(21)20(24)23(16-19-11-7-4-8-12-19)14-13-22(2)15-18-9-5-3-6-10-18/h3-12,17H,13-16,21H2,1-2H3. The Kier molecular flexibility index (Phi) is 6.97. The summed E-state index contributed by atoms with van der Waals surface area (Å²) in [5, 5.41) is 0. The Labute approximate surface area is 144 Å². The summed E-state index contributed by atoms with van der Waals surface area (Å²) in [7, 11) is 2.07. The summed E-state index contributed by atoms with van der Waals surface area (Å²) in [6.07, 6.45) is 0. The Hall–Kier alpha value is -2.17. The second-order valence-corrected chi connectivity index (χ2v) is 6.26. The van der Waals surface area contributed by atoms with E-state index in [0.29, 0.717) is 13.1 Å². The van der Waals surface area contributed by atoms with Crippen molar-refractivity contribution in [3.63, 3.8) is 0 Å². The molecule has 1 unspecified atom stereocenters. The van der Waals surface area contributed by atoms with Gasteiger partial charge in [-0.1, -0.05) is 60.7 Å². The summed E-state index contributed by atoms with van der Waals surface area (Å²) in [6, 6.07) is 19.9. The summed E-state index contributed by atoms with van der Waals surface area (Å²) < 4.78 is 0. The number of nitrogens with zero attached hydrogens (tertiary/aromatic N) is 2. The average Bonchev–Trinajstić information content (AvgIpc) is 2.59. The lowest BCUT2D eigenvalue weighted by Crippen LogP contribution is -2.44. The molecule has 0 aliphatic heterocycles. The van der Waals surface area contributed by atoms with Crippen LogP contribution in [-0.2, 0) is 17.9 Å². The number of hydrogen-bond donors (Lipinski definition) is 1. The molecule has 0 aliphatic rings. The van der Waals surface area contributed by atoms with E-state index < -0.39 is 6.04 Å². The predicted molar refractivity (Wildman–Crippen MR) is 98.3 cm³/mol. The maximum atomic E-state index is 12.4. The lowest BCUT2D eigenvalue weighted by Gasteiger charge is -2.27. The number of hydrogen-bond acceptors (Lipinski definition) is 3. The zero-order chi connectivity index (χ0) is 17.4. The largest absolute Gasteiger partial charge is 0.336 e. The second-order valence-electron chi connectivity index (χ2n) is 6.26. The van der Waals surface area contributed by atoms with E-state index in [9.17, 15) is 4.79 Å². The first kappa shape index (κ1) is 18.2. The van der Waals surface area contributed by atoms with Crippen molar-refractivity contribution in [3.05, 3.63) is 71.8 Å². The number of nitrogens with two attached hydrogens (primary N) is 1. The zero-order valence-electron chi connectivity index (χ0n) is 14.6. The highest BCUT2D eigenvalue weighted by Gasteiger charge is 2.18. The van der Waals surface area contributed by atoms with Crippen LogP contribution in [0.1, 0.15) is 18.1 Å². The Bertz CT molecular complexity index is 613. The summed E-state index contributed by atoms with van der Waals surface area (Å²) in [5.41, 5.74) is 8.21. The number of benzene rings is 2. The highest BCUT2D eigenvalue weighted by atomic mass is 16.2. The molecule has 0 heterocycles. The van der Waals surface area contributed by atoms with Crippen LogP contribution in [0.5, 0.6) is 0 Å². The van der Waals surface area contributed by atoms with Gasteiger partial charge in [-0.15, -0.1) is 0 Å². The molecule has 0 aliphatic carbocycles. The van der Waals surface area contributed by atoms with Crippen molar-refractivity contribution in [1.82, 2.24) is 9.80 Å². The van der Waals surface area contributed by atoms with Gasteiger partial charge in [0.05, 0.1) is 6.04 Å². The van der Waals surface area contributed by atoms with E-state index in [0.717, 1.165) is 18.7 Å². The van der Waals surface area contributed by atoms with Crippen LogP contribution in [0, 0.1) is 0 Å². The fraction of sp³-hybridized carbons (Fsp3) is 0.350. The molecule has 2 aromatic rings. The highest BCUT2D eigenvalue weighted by molar-refractivity contribution is 5.81. The van der Waals surface area contributed by atoms with Gasteiger partial charge in [-0.3, -0.25) is 4.79 Å².